The van der Waals surface area contributed by atoms with Crippen LogP contribution in [0, 0.1) is 6.92 Å². The van der Waals surface area contributed by atoms with Crippen LogP contribution in [-0.2, 0) is 22.6 Å². The molecule has 3 rings (SSSR count). The van der Waals surface area contributed by atoms with Gasteiger partial charge in [0.2, 0.25) is 0 Å². The first kappa shape index (κ1) is 22.8. The summed E-state index contributed by atoms with van der Waals surface area (Å²) in [6.07, 6.45) is 3.09. The van der Waals surface area contributed by atoms with Gasteiger partial charge in [0.25, 0.3) is 11.5 Å². The number of benzene rings is 2. The molecule has 0 fully saturated rings. The van der Waals surface area contributed by atoms with Crippen molar-refractivity contribution in [2.75, 3.05) is 24.4 Å². The normalized spacial score (nSPS) is 11.1. The van der Waals surface area contributed by atoms with E-state index in [0.717, 1.165) is 16.7 Å². The largest absolute Gasteiger partial charge is 0.383 e. The molecule has 0 atom stereocenters. The highest BCUT2D eigenvalue weighted by molar-refractivity contribution is 6.05. The number of methoxy groups -OCH3 is 1. The number of hydrogen-bond acceptors (Lipinski definition) is 5. The molecule has 1 heterocycles. The van der Waals surface area contributed by atoms with Crippen molar-refractivity contribution in [3.8, 4) is 0 Å². The first-order valence-electron chi connectivity index (χ1n) is 10.1. The summed E-state index contributed by atoms with van der Waals surface area (Å²) in [4.78, 5) is 41.8. The summed E-state index contributed by atoms with van der Waals surface area (Å²) in [5.74, 6) is -0.532. The molecule has 0 unspecified atom stereocenters. The van der Waals surface area contributed by atoms with E-state index in [4.69, 9.17) is 10.5 Å². The molecule has 0 radical (unpaired) electrons. The molecule has 0 spiro atoms. The van der Waals surface area contributed by atoms with E-state index >= 15 is 0 Å². The Bertz CT molecular complexity index is 1230. The number of nitrogens with one attached hydrogen (secondary N) is 1. The first-order valence-corrected chi connectivity index (χ1v) is 10.1. The fraction of sp³-hybridized carbons (Fsp3) is 0.208. The average molecular weight is 434 g/mol. The second-order valence-electron chi connectivity index (χ2n) is 7.24. The number of hydrogen-bond donors (Lipinski definition) is 2. The summed E-state index contributed by atoms with van der Waals surface area (Å²) in [5.41, 5.74) is 7.45. The number of aromatic amines is 1. The molecule has 166 valence electrons. The third kappa shape index (κ3) is 5.22. The molecular formula is C24H26N4O4. The monoisotopic (exact) mass is 434 g/mol. The third-order valence-electron chi connectivity index (χ3n) is 5.05. The van der Waals surface area contributed by atoms with Crippen molar-refractivity contribution >= 4 is 23.5 Å². The minimum absolute atomic E-state index is 0.0796. The number of rotatable bonds is 8. The molecule has 8 nitrogen and oxygen atoms in total. The van der Waals surface area contributed by atoms with E-state index in [-0.39, 0.29) is 31.2 Å². The van der Waals surface area contributed by atoms with Crippen LogP contribution in [0.3, 0.4) is 0 Å². The Morgan fingerprint density at radius 1 is 1.12 bits per heavy atom. The van der Waals surface area contributed by atoms with Gasteiger partial charge in [-0.15, -0.1) is 0 Å². The highest BCUT2D eigenvalue weighted by Crippen LogP contribution is 2.20. The molecule has 0 aliphatic heterocycles. The summed E-state index contributed by atoms with van der Waals surface area (Å²) in [6.45, 7) is 2.40. The van der Waals surface area contributed by atoms with Gasteiger partial charge >= 0.3 is 5.69 Å². The molecule has 2 aromatic carbocycles. The van der Waals surface area contributed by atoms with Crippen molar-refractivity contribution < 1.29 is 9.53 Å². The van der Waals surface area contributed by atoms with E-state index in [1.165, 1.54) is 22.7 Å². The minimum atomic E-state index is -0.727. The summed E-state index contributed by atoms with van der Waals surface area (Å²) < 4.78 is 6.22. The van der Waals surface area contributed by atoms with Crippen molar-refractivity contribution in [1.82, 2.24) is 9.55 Å². The lowest BCUT2D eigenvalue weighted by molar-refractivity contribution is -0.114. The Morgan fingerprint density at radius 3 is 2.50 bits per heavy atom. The zero-order valence-corrected chi connectivity index (χ0v) is 18.1. The Kier molecular flexibility index (Phi) is 7.41. The Morgan fingerprint density at radius 2 is 1.81 bits per heavy atom. The van der Waals surface area contributed by atoms with Crippen LogP contribution in [-0.4, -0.2) is 29.2 Å². The number of amides is 1. The molecule has 3 N–H and O–H groups in total. The summed E-state index contributed by atoms with van der Waals surface area (Å²) in [7, 11) is 1.50. The van der Waals surface area contributed by atoms with Crippen molar-refractivity contribution in [2.24, 2.45) is 0 Å². The van der Waals surface area contributed by atoms with Crippen LogP contribution < -0.4 is 21.9 Å². The van der Waals surface area contributed by atoms with Gasteiger partial charge in [0.1, 0.15) is 5.82 Å². The number of aryl methyl sites for hydroxylation is 1. The van der Waals surface area contributed by atoms with Crippen LogP contribution in [0.4, 0.5) is 11.5 Å². The predicted octanol–water partition coefficient (Wildman–Crippen LogP) is 2.32. The fourth-order valence-electron chi connectivity index (χ4n) is 3.30. The molecule has 0 saturated carbocycles. The van der Waals surface area contributed by atoms with E-state index in [0.29, 0.717) is 0 Å². The van der Waals surface area contributed by atoms with E-state index < -0.39 is 17.2 Å². The van der Waals surface area contributed by atoms with Crippen LogP contribution in [0.1, 0.15) is 16.7 Å². The van der Waals surface area contributed by atoms with E-state index in [2.05, 4.69) is 4.98 Å². The van der Waals surface area contributed by atoms with Crippen molar-refractivity contribution in [1.29, 1.82) is 0 Å². The minimum Gasteiger partial charge on any atom is -0.383 e. The van der Waals surface area contributed by atoms with Gasteiger partial charge in [0.05, 0.1) is 19.7 Å². The lowest BCUT2D eigenvalue weighted by atomic mass is 10.1. The lowest BCUT2D eigenvalue weighted by Crippen LogP contribution is -2.40. The maximum absolute atomic E-state index is 13.3. The Balaban J connectivity index is 2.07. The first-order chi connectivity index (χ1) is 15.4. The molecule has 0 saturated heterocycles. The number of carbonyl (C=O) groups excluding carboxylic acids is 1. The number of nitrogens with two attached hydrogens (primary N) is 1. The average Bonchev–Trinajstić information content (AvgIpc) is 2.78. The number of carbonyl (C=O) groups is 1. The molecule has 0 aliphatic rings. The lowest BCUT2D eigenvalue weighted by Gasteiger charge is -2.23. The van der Waals surface area contributed by atoms with E-state index in [1.807, 2.05) is 61.5 Å². The quantitative estimate of drug-likeness (QED) is 0.529. The summed E-state index contributed by atoms with van der Waals surface area (Å²) in [5, 5.41) is 0. The topological polar surface area (TPSA) is 110 Å². The zero-order valence-electron chi connectivity index (χ0n) is 18.1. The zero-order chi connectivity index (χ0) is 23.1. The van der Waals surface area contributed by atoms with Gasteiger partial charge in [0, 0.05) is 13.2 Å². The van der Waals surface area contributed by atoms with Crippen LogP contribution in [0.5, 0.6) is 0 Å². The second-order valence-corrected chi connectivity index (χ2v) is 7.24. The van der Waals surface area contributed by atoms with Crippen LogP contribution >= 0.6 is 0 Å². The number of nitrogen functional groups attached to an aromatic ring is 1. The van der Waals surface area contributed by atoms with Gasteiger partial charge in [0.15, 0.2) is 5.69 Å². The molecule has 8 heteroatoms. The number of anilines is 2. The van der Waals surface area contributed by atoms with Gasteiger partial charge in [-0.05, 0) is 29.7 Å². The molecule has 0 bridgehead atoms. The molecule has 3 aromatic rings. The number of aromatic nitrogens is 2. The van der Waals surface area contributed by atoms with Gasteiger partial charge in [-0.25, -0.2) is 4.79 Å². The van der Waals surface area contributed by atoms with Gasteiger partial charge < -0.3 is 10.5 Å². The van der Waals surface area contributed by atoms with Crippen molar-refractivity contribution in [3.63, 3.8) is 0 Å². The molecular weight excluding hydrogens is 408 g/mol. The number of nitrogens with zero attached hydrogens (tertiary/aromatic N) is 2. The maximum atomic E-state index is 13.3. The molecule has 1 amide bonds. The van der Waals surface area contributed by atoms with E-state index in [9.17, 15) is 14.4 Å². The highest BCUT2D eigenvalue weighted by Gasteiger charge is 2.23. The molecule has 1 aromatic heterocycles. The van der Waals surface area contributed by atoms with Gasteiger partial charge in [-0.1, -0.05) is 54.6 Å². The van der Waals surface area contributed by atoms with Gasteiger partial charge in [-0.3, -0.25) is 24.0 Å². The molecule has 0 aliphatic carbocycles. The van der Waals surface area contributed by atoms with Crippen molar-refractivity contribution in [2.45, 2.75) is 20.0 Å². The summed E-state index contributed by atoms with van der Waals surface area (Å²) >= 11 is 0. The SMILES string of the molecule is COCCn1c(N)c(N(Cc2ccccc2)C(=O)/C=C/c2ccccc2C)c(=O)[nH]c1=O. The van der Waals surface area contributed by atoms with Gasteiger partial charge in [-0.2, -0.15) is 0 Å². The van der Waals surface area contributed by atoms with E-state index in [1.54, 1.807) is 6.08 Å². The Hall–Kier alpha value is -3.91. The second kappa shape index (κ2) is 10.4. The molecule has 32 heavy (non-hydrogen) atoms. The maximum Gasteiger partial charge on any atom is 0.330 e. The predicted molar refractivity (Wildman–Crippen MR) is 125 cm³/mol. The van der Waals surface area contributed by atoms with Crippen LogP contribution in [0.15, 0.2) is 70.3 Å². The summed E-state index contributed by atoms with van der Waals surface area (Å²) in [6, 6.07) is 16.9. The third-order valence-corrected chi connectivity index (χ3v) is 5.05. The number of ether oxygens (including phenoxy) is 1. The van der Waals surface area contributed by atoms with Crippen molar-refractivity contribution in [3.05, 3.63) is 98.2 Å². The van der Waals surface area contributed by atoms with Crippen LogP contribution in [0.25, 0.3) is 6.08 Å². The standard InChI is InChI=1S/C24H26N4O4/c1-17-8-6-7-11-19(17)12-13-20(29)28(16-18-9-4-3-5-10-18)21-22(25)27(14-15-32-2)24(31)26-23(21)30/h3-13H,14-16,25H2,1-2H3,(H,26,30,31)/b13-12+. The smallest absolute Gasteiger partial charge is 0.330 e. The fourth-order valence-corrected chi connectivity index (χ4v) is 3.30. The Labute approximate surface area is 185 Å². The highest BCUT2D eigenvalue weighted by atomic mass is 16.5. The van der Waals surface area contributed by atoms with Crippen LogP contribution in [0.2, 0.25) is 0 Å². The number of H-pyrrole nitrogens is 1.